The normalized spacial score (nSPS) is 10.9. The number of amides is 2. The predicted octanol–water partition coefficient (Wildman–Crippen LogP) is 1.61. The first kappa shape index (κ1) is 18.6. The fraction of sp³-hybridized carbons (Fsp3) is 0.368. The first-order valence-corrected chi connectivity index (χ1v) is 8.82. The molecule has 8 nitrogen and oxygen atoms in total. The van der Waals surface area contributed by atoms with E-state index in [9.17, 15) is 9.59 Å². The van der Waals surface area contributed by atoms with Crippen molar-refractivity contribution in [1.82, 2.24) is 25.2 Å². The fourth-order valence-corrected chi connectivity index (χ4v) is 2.97. The van der Waals surface area contributed by atoms with E-state index in [1.807, 2.05) is 26.8 Å². The van der Waals surface area contributed by atoms with Crippen molar-refractivity contribution in [2.45, 2.75) is 40.2 Å². The van der Waals surface area contributed by atoms with Gasteiger partial charge in [0.1, 0.15) is 5.76 Å². The molecule has 0 aromatic carbocycles. The van der Waals surface area contributed by atoms with Crippen molar-refractivity contribution in [1.29, 1.82) is 0 Å². The molecule has 3 rings (SSSR count). The molecular formula is C19H23N5O3. The van der Waals surface area contributed by atoms with Crippen LogP contribution in [0.1, 0.15) is 34.8 Å². The lowest BCUT2D eigenvalue weighted by Gasteiger charge is -2.11. The van der Waals surface area contributed by atoms with Gasteiger partial charge in [-0.1, -0.05) is 0 Å². The number of furan rings is 1. The van der Waals surface area contributed by atoms with Crippen molar-refractivity contribution in [3.63, 3.8) is 0 Å². The van der Waals surface area contributed by atoms with Gasteiger partial charge >= 0.3 is 0 Å². The number of nitrogens with one attached hydrogen (secondary N) is 2. The molecule has 27 heavy (non-hydrogen) atoms. The molecule has 0 fully saturated rings. The van der Waals surface area contributed by atoms with E-state index in [0.717, 1.165) is 28.3 Å². The summed E-state index contributed by atoms with van der Waals surface area (Å²) in [5.41, 5.74) is 4.59. The number of hydrogen-bond donors (Lipinski definition) is 2. The maximum absolute atomic E-state index is 12.1. The summed E-state index contributed by atoms with van der Waals surface area (Å²) in [6.45, 7) is 6.07. The number of rotatable bonds is 7. The summed E-state index contributed by atoms with van der Waals surface area (Å²) >= 11 is 0. The van der Waals surface area contributed by atoms with E-state index in [1.165, 1.54) is 0 Å². The number of carbonyl (C=O) groups is 2. The highest BCUT2D eigenvalue weighted by atomic mass is 16.3. The van der Waals surface area contributed by atoms with Gasteiger partial charge in [-0.15, -0.1) is 0 Å². The second-order valence-electron chi connectivity index (χ2n) is 6.45. The Kier molecular flexibility index (Phi) is 5.54. The van der Waals surface area contributed by atoms with Crippen LogP contribution in [0.25, 0.3) is 5.65 Å². The van der Waals surface area contributed by atoms with Crippen LogP contribution in [0.2, 0.25) is 0 Å². The Hall–Kier alpha value is -3.16. The van der Waals surface area contributed by atoms with Crippen molar-refractivity contribution in [2.75, 3.05) is 6.54 Å². The van der Waals surface area contributed by atoms with Crippen LogP contribution >= 0.6 is 0 Å². The molecule has 2 N–H and O–H groups in total. The second-order valence-corrected chi connectivity index (χ2v) is 6.45. The van der Waals surface area contributed by atoms with E-state index in [-0.39, 0.29) is 24.8 Å². The van der Waals surface area contributed by atoms with Crippen molar-refractivity contribution in [3.05, 3.63) is 52.9 Å². The third kappa shape index (κ3) is 4.52. The molecular weight excluding hydrogens is 346 g/mol. The first-order valence-electron chi connectivity index (χ1n) is 8.82. The number of nitrogens with zero attached hydrogens (tertiary/aromatic N) is 3. The Morgan fingerprint density at radius 3 is 2.74 bits per heavy atom. The van der Waals surface area contributed by atoms with Gasteiger partial charge in [0, 0.05) is 23.9 Å². The Balaban J connectivity index is 1.50. The number of carbonyl (C=O) groups excluding carboxylic acids is 2. The van der Waals surface area contributed by atoms with E-state index in [0.29, 0.717) is 18.7 Å². The largest absolute Gasteiger partial charge is 0.467 e. The fourth-order valence-electron chi connectivity index (χ4n) is 2.97. The lowest BCUT2D eigenvalue weighted by atomic mass is 10.1. The van der Waals surface area contributed by atoms with Crippen LogP contribution in [0, 0.1) is 20.8 Å². The van der Waals surface area contributed by atoms with Crippen LogP contribution < -0.4 is 10.6 Å². The zero-order valence-corrected chi connectivity index (χ0v) is 15.7. The van der Waals surface area contributed by atoms with Crippen LogP contribution in [0.3, 0.4) is 0 Å². The van der Waals surface area contributed by atoms with Crippen LogP contribution in [-0.2, 0) is 22.6 Å². The van der Waals surface area contributed by atoms with Gasteiger partial charge in [-0.3, -0.25) is 9.59 Å². The van der Waals surface area contributed by atoms with Crippen molar-refractivity contribution >= 4 is 17.5 Å². The molecule has 3 heterocycles. The molecule has 0 spiro atoms. The number of fused-ring (bicyclic) bond motifs is 1. The van der Waals surface area contributed by atoms with Gasteiger partial charge in [0.25, 0.3) is 0 Å². The molecule has 8 heteroatoms. The van der Waals surface area contributed by atoms with Crippen LogP contribution in [-0.4, -0.2) is 33.0 Å². The minimum absolute atomic E-state index is 0.0624. The topological polar surface area (TPSA) is 102 Å². The quantitative estimate of drug-likeness (QED) is 0.659. The SMILES string of the molecule is Cc1cc2nc(C)c(CCC(=O)NCC(=O)NCc3ccco3)c(C)n2n1. The zero-order chi connectivity index (χ0) is 19.4. The van der Waals surface area contributed by atoms with Gasteiger partial charge in [-0.05, 0) is 44.9 Å². The average Bonchev–Trinajstić information content (AvgIpc) is 3.27. The van der Waals surface area contributed by atoms with Gasteiger partial charge in [-0.2, -0.15) is 5.10 Å². The van der Waals surface area contributed by atoms with E-state index in [4.69, 9.17) is 4.42 Å². The Morgan fingerprint density at radius 1 is 1.19 bits per heavy atom. The summed E-state index contributed by atoms with van der Waals surface area (Å²) in [4.78, 5) is 28.4. The smallest absolute Gasteiger partial charge is 0.239 e. The molecule has 0 atom stereocenters. The van der Waals surface area contributed by atoms with E-state index in [1.54, 1.807) is 22.9 Å². The van der Waals surface area contributed by atoms with E-state index >= 15 is 0 Å². The van der Waals surface area contributed by atoms with Crippen molar-refractivity contribution < 1.29 is 14.0 Å². The lowest BCUT2D eigenvalue weighted by Crippen LogP contribution is -2.36. The zero-order valence-electron chi connectivity index (χ0n) is 15.7. The van der Waals surface area contributed by atoms with Crippen LogP contribution in [0.15, 0.2) is 28.9 Å². The van der Waals surface area contributed by atoms with E-state index < -0.39 is 0 Å². The van der Waals surface area contributed by atoms with Crippen LogP contribution in [0.4, 0.5) is 0 Å². The molecule has 0 unspecified atom stereocenters. The number of aromatic nitrogens is 3. The summed E-state index contributed by atoms with van der Waals surface area (Å²) < 4.78 is 6.94. The molecule has 0 saturated heterocycles. The van der Waals surface area contributed by atoms with Crippen LogP contribution in [0.5, 0.6) is 0 Å². The predicted molar refractivity (Wildman–Crippen MR) is 99.1 cm³/mol. The molecule has 3 aromatic rings. The second kappa shape index (κ2) is 8.03. The number of hydrogen-bond acceptors (Lipinski definition) is 5. The molecule has 0 aliphatic heterocycles. The van der Waals surface area contributed by atoms with Crippen molar-refractivity contribution in [2.24, 2.45) is 0 Å². The van der Waals surface area contributed by atoms with Gasteiger partial charge in [-0.25, -0.2) is 9.50 Å². The van der Waals surface area contributed by atoms with Gasteiger partial charge in [0.15, 0.2) is 5.65 Å². The van der Waals surface area contributed by atoms with Gasteiger partial charge in [0.05, 0.1) is 25.0 Å². The highest BCUT2D eigenvalue weighted by Gasteiger charge is 2.13. The minimum atomic E-state index is -0.262. The summed E-state index contributed by atoms with van der Waals surface area (Å²) in [5, 5.41) is 9.76. The Labute approximate surface area is 157 Å². The minimum Gasteiger partial charge on any atom is -0.467 e. The molecule has 2 amide bonds. The average molecular weight is 369 g/mol. The Morgan fingerprint density at radius 2 is 2.00 bits per heavy atom. The molecule has 3 aromatic heterocycles. The standard InChI is InChI=1S/C19H23N5O3/c1-12-9-17-22-13(2)16(14(3)24(17)23-12)6-7-18(25)21-11-19(26)20-10-15-5-4-8-27-15/h4-5,8-9H,6-7,10-11H2,1-3H3,(H,20,26)(H,21,25). The lowest BCUT2D eigenvalue weighted by molar-refractivity contribution is -0.126. The molecule has 0 aliphatic carbocycles. The molecule has 142 valence electrons. The summed E-state index contributed by atoms with van der Waals surface area (Å²) in [6.07, 6.45) is 2.37. The first-order chi connectivity index (χ1) is 12.9. The third-order valence-corrected chi connectivity index (χ3v) is 4.37. The third-order valence-electron chi connectivity index (χ3n) is 4.37. The number of aryl methyl sites for hydroxylation is 3. The molecule has 0 bridgehead atoms. The van der Waals surface area contributed by atoms with Gasteiger partial charge < -0.3 is 15.1 Å². The van der Waals surface area contributed by atoms with Crippen molar-refractivity contribution in [3.8, 4) is 0 Å². The summed E-state index contributed by atoms with van der Waals surface area (Å²) in [6, 6.07) is 5.46. The summed E-state index contributed by atoms with van der Waals surface area (Å²) in [7, 11) is 0. The summed E-state index contributed by atoms with van der Waals surface area (Å²) in [5.74, 6) is 0.221. The monoisotopic (exact) mass is 369 g/mol. The highest BCUT2D eigenvalue weighted by molar-refractivity contribution is 5.84. The molecule has 0 aliphatic rings. The van der Waals surface area contributed by atoms with E-state index in [2.05, 4.69) is 20.7 Å². The molecule has 0 radical (unpaired) electrons. The molecule has 0 saturated carbocycles. The maximum Gasteiger partial charge on any atom is 0.239 e. The Bertz CT molecular complexity index is 960. The highest BCUT2D eigenvalue weighted by Crippen LogP contribution is 2.16. The van der Waals surface area contributed by atoms with Gasteiger partial charge in [0.2, 0.25) is 11.8 Å². The maximum atomic E-state index is 12.1.